The molecule has 146 valence electrons. The third kappa shape index (κ3) is 7.36. The normalized spacial score (nSPS) is 11.9. The van der Waals surface area contributed by atoms with Crippen LogP contribution in [0.4, 0.5) is 0 Å². The number of halogens is 2. The maximum Gasteiger partial charge on any atom is 0.240 e. The fourth-order valence-electron chi connectivity index (χ4n) is 2.19. The maximum absolute atomic E-state index is 11.9. The Morgan fingerprint density at radius 3 is 1.54 bits per heavy atom. The zero-order valence-electron chi connectivity index (χ0n) is 15.5. The van der Waals surface area contributed by atoms with E-state index in [1.165, 1.54) is 0 Å². The van der Waals surface area contributed by atoms with Gasteiger partial charge in [-0.1, -0.05) is 56.1 Å². The van der Waals surface area contributed by atoms with Crippen LogP contribution in [0, 0.1) is 0 Å². The summed E-state index contributed by atoms with van der Waals surface area (Å²) >= 11 is 6.79. The minimum absolute atomic E-state index is 0.0204. The van der Waals surface area contributed by atoms with Gasteiger partial charge in [-0.2, -0.15) is 10.2 Å². The highest BCUT2D eigenvalue weighted by Gasteiger charge is 2.07. The average molecular weight is 508 g/mol. The zero-order chi connectivity index (χ0) is 20.5. The summed E-state index contributed by atoms with van der Waals surface area (Å²) in [6.45, 7) is 3.60. The minimum atomic E-state index is -0.336. The predicted octanol–water partition coefficient (Wildman–Crippen LogP) is 4.37. The molecule has 8 heteroatoms. The molecule has 28 heavy (non-hydrogen) atoms. The third-order valence-corrected chi connectivity index (χ3v) is 4.75. The van der Waals surface area contributed by atoms with Crippen LogP contribution in [0.1, 0.15) is 37.8 Å². The van der Waals surface area contributed by atoms with Crippen LogP contribution in [-0.2, 0) is 9.59 Å². The van der Waals surface area contributed by atoms with Crippen LogP contribution in [-0.4, -0.2) is 23.2 Å². The Labute approximate surface area is 180 Å². The Kier molecular flexibility index (Phi) is 8.53. The van der Waals surface area contributed by atoms with Gasteiger partial charge < -0.3 is 0 Å². The topological polar surface area (TPSA) is 82.9 Å². The molecule has 2 aromatic carbocycles. The fourth-order valence-corrected chi connectivity index (χ4v) is 2.99. The van der Waals surface area contributed by atoms with Crippen LogP contribution in [0.25, 0.3) is 0 Å². The second-order valence-electron chi connectivity index (χ2n) is 5.99. The van der Waals surface area contributed by atoms with E-state index < -0.39 is 0 Å². The molecular weight excluding hydrogens is 488 g/mol. The molecule has 2 rings (SSSR count). The Hall–Kier alpha value is -2.32. The highest BCUT2D eigenvalue weighted by atomic mass is 79.9. The van der Waals surface area contributed by atoms with Gasteiger partial charge in [0.05, 0.1) is 11.4 Å². The molecule has 2 aromatic rings. The van der Waals surface area contributed by atoms with Crippen molar-refractivity contribution in [2.24, 2.45) is 10.2 Å². The number of carbonyl (C=O) groups excluding carboxylic acids is 2. The number of rotatable bonds is 7. The number of carbonyl (C=O) groups is 2. The van der Waals surface area contributed by atoms with E-state index in [-0.39, 0.29) is 24.7 Å². The van der Waals surface area contributed by atoms with Crippen molar-refractivity contribution in [3.8, 4) is 0 Å². The molecule has 0 aliphatic rings. The molecule has 0 atom stereocenters. The molecule has 0 heterocycles. The van der Waals surface area contributed by atoms with Crippen molar-refractivity contribution < 1.29 is 9.59 Å². The molecule has 0 bridgehead atoms. The van der Waals surface area contributed by atoms with E-state index in [1.807, 2.05) is 48.5 Å². The van der Waals surface area contributed by atoms with Crippen molar-refractivity contribution in [1.82, 2.24) is 10.9 Å². The quantitative estimate of drug-likeness (QED) is 0.430. The Balaban J connectivity index is 1.79. The zero-order valence-corrected chi connectivity index (χ0v) is 18.7. The van der Waals surface area contributed by atoms with E-state index in [0.29, 0.717) is 11.4 Å². The molecule has 6 nitrogen and oxygen atoms in total. The first kappa shape index (κ1) is 22.0. The van der Waals surface area contributed by atoms with Gasteiger partial charge in [0.15, 0.2) is 0 Å². The van der Waals surface area contributed by atoms with Crippen molar-refractivity contribution in [3.05, 3.63) is 68.6 Å². The Morgan fingerprint density at radius 1 is 0.786 bits per heavy atom. The molecule has 0 fully saturated rings. The minimum Gasteiger partial charge on any atom is -0.273 e. The first-order chi connectivity index (χ1) is 13.3. The Bertz CT molecular complexity index is 850. The van der Waals surface area contributed by atoms with Gasteiger partial charge in [-0.15, -0.1) is 0 Å². The van der Waals surface area contributed by atoms with Crippen LogP contribution >= 0.6 is 31.9 Å². The van der Waals surface area contributed by atoms with Gasteiger partial charge in [-0.3, -0.25) is 9.59 Å². The number of nitrogens with one attached hydrogen (secondary N) is 2. The van der Waals surface area contributed by atoms with Gasteiger partial charge >= 0.3 is 0 Å². The van der Waals surface area contributed by atoms with Gasteiger partial charge in [0, 0.05) is 21.8 Å². The number of nitrogens with zero attached hydrogens (tertiary/aromatic N) is 2. The number of hydrogen-bond donors (Lipinski definition) is 2. The summed E-state index contributed by atoms with van der Waals surface area (Å²) in [4.78, 5) is 23.8. The van der Waals surface area contributed by atoms with Crippen molar-refractivity contribution in [2.45, 2.75) is 26.7 Å². The van der Waals surface area contributed by atoms with Crippen LogP contribution in [0.2, 0.25) is 0 Å². The number of hydrazone groups is 2. The van der Waals surface area contributed by atoms with E-state index in [9.17, 15) is 9.59 Å². The van der Waals surface area contributed by atoms with Crippen molar-refractivity contribution >= 4 is 55.1 Å². The SMILES string of the molecule is CC(=NNC(=O)CCC(=O)NN=C(C)c1cccc(Br)c1)c1cccc(Br)c1. The van der Waals surface area contributed by atoms with Gasteiger partial charge in [0.2, 0.25) is 11.8 Å². The predicted molar refractivity (Wildman–Crippen MR) is 118 cm³/mol. The van der Waals surface area contributed by atoms with E-state index in [2.05, 4.69) is 52.9 Å². The summed E-state index contributed by atoms with van der Waals surface area (Å²) in [5.41, 5.74) is 8.07. The smallest absolute Gasteiger partial charge is 0.240 e. The van der Waals surface area contributed by atoms with Crippen LogP contribution in [0.5, 0.6) is 0 Å². The van der Waals surface area contributed by atoms with E-state index in [0.717, 1.165) is 20.1 Å². The summed E-state index contributed by atoms with van der Waals surface area (Å²) in [7, 11) is 0. The van der Waals surface area contributed by atoms with Gasteiger partial charge in [-0.05, 0) is 49.2 Å². The molecule has 0 unspecified atom stereocenters. The molecule has 0 saturated heterocycles. The largest absolute Gasteiger partial charge is 0.273 e. The fraction of sp³-hybridized carbons (Fsp3) is 0.200. The van der Waals surface area contributed by atoms with E-state index >= 15 is 0 Å². The van der Waals surface area contributed by atoms with Gasteiger partial charge in [0.25, 0.3) is 0 Å². The summed E-state index contributed by atoms with van der Waals surface area (Å²) in [5.74, 6) is -0.672. The molecule has 2 N–H and O–H groups in total. The molecule has 0 aliphatic carbocycles. The Morgan fingerprint density at radius 2 is 1.18 bits per heavy atom. The molecule has 0 saturated carbocycles. The highest BCUT2D eigenvalue weighted by Crippen LogP contribution is 2.13. The second kappa shape index (κ2) is 10.9. The summed E-state index contributed by atoms with van der Waals surface area (Å²) < 4.78 is 1.86. The van der Waals surface area contributed by atoms with Gasteiger partial charge in [-0.25, -0.2) is 10.9 Å². The average Bonchev–Trinajstić information content (AvgIpc) is 2.68. The lowest BCUT2D eigenvalue weighted by atomic mass is 10.1. The lowest BCUT2D eigenvalue weighted by molar-refractivity contribution is -0.126. The summed E-state index contributed by atoms with van der Waals surface area (Å²) in [5, 5.41) is 8.14. The lowest BCUT2D eigenvalue weighted by Gasteiger charge is -2.04. The molecule has 0 aliphatic heterocycles. The van der Waals surface area contributed by atoms with Crippen LogP contribution < -0.4 is 10.9 Å². The lowest BCUT2D eigenvalue weighted by Crippen LogP contribution is -2.24. The van der Waals surface area contributed by atoms with Crippen molar-refractivity contribution in [1.29, 1.82) is 0 Å². The first-order valence-electron chi connectivity index (χ1n) is 8.53. The number of hydrogen-bond acceptors (Lipinski definition) is 4. The van der Waals surface area contributed by atoms with Crippen molar-refractivity contribution in [3.63, 3.8) is 0 Å². The molecule has 0 aromatic heterocycles. The summed E-state index contributed by atoms with van der Waals surface area (Å²) in [6, 6.07) is 15.2. The number of amides is 2. The summed E-state index contributed by atoms with van der Waals surface area (Å²) in [6.07, 6.45) is 0.0408. The first-order valence-corrected chi connectivity index (χ1v) is 10.1. The maximum atomic E-state index is 11.9. The molecular formula is C20H20Br2N4O2. The standard InChI is InChI=1S/C20H20Br2N4O2/c1-13(15-5-3-7-17(21)11-15)23-25-19(27)9-10-20(28)26-24-14(2)16-6-4-8-18(22)12-16/h3-8,11-12H,9-10H2,1-2H3,(H,25,27)(H,26,28). The molecule has 0 spiro atoms. The number of benzene rings is 2. The third-order valence-electron chi connectivity index (χ3n) is 3.76. The second-order valence-corrected chi connectivity index (χ2v) is 7.82. The van der Waals surface area contributed by atoms with E-state index in [4.69, 9.17) is 0 Å². The van der Waals surface area contributed by atoms with Crippen LogP contribution in [0.15, 0.2) is 67.7 Å². The molecule has 0 radical (unpaired) electrons. The van der Waals surface area contributed by atoms with Crippen molar-refractivity contribution in [2.75, 3.05) is 0 Å². The van der Waals surface area contributed by atoms with Crippen LogP contribution in [0.3, 0.4) is 0 Å². The molecule has 2 amide bonds. The highest BCUT2D eigenvalue weighted by molar-refractivity contribution is 9.10. The monoisotopic (exact) mass is 506 g/mol. The van der Waals surface area contributed by atoms with Gasteiger partial charge in [0.1, 0.15) is 0 Å². The van der Waals surface area contributed by atoms with E-state index in [1.54, 1.807) is 13.8 Å².